The van der Waals surface area contributed by atoms with E-state index in [-0.39, 0.29) is 26.4 Å². The molecule has 0 saturated carbocycles. The minimum atomic E-state index is -0.380. The third-order valence-electron chi connectivity index (χ3n) is 0.496. The van der Waals surface area contributed by atoms with Gasteiger partial charge in [0.2, 0.25) is 0 Å². The van der Waals surface area contributed by atoms with E-state index >= 15 is 0 Å². The standard InChI is InChI=1S/C4H6O2.2CH4/c1-3(5)4(2)6;;/h1-2H3;2*1H4. The van der Waals surface area contributed by atoms with Gasteiger partial charge in [-0.1, -0.05) is 14.9 Å². The molecule has 0 N–H and O–H groups in total. The molecule has 0 fully saturated rings. The van der Waals surface area contributed by atoms with Crippen molar-refractivity contribution in [1.29, 1.82) is 0 Å². The summed E-state index contributed by atoms with van der Waals surface area (Å²) in [5.74, 6) is -0.759. The molecule has 0 rings (SSSR count). The van der Waals surface area contributed by atoms with E-state index in [0.717, 1.165) is 0 Å². The number of rotatable bonds is 1. The summed E-state index contributed by atoms with van der Waals surface area (Å²) in [6.07, 6.45) is 0. The normalized spacial score (nSPS) is 5.75. The van der Waals surface area contributed by atoms with Gasteiger partial charge in [0.25, 0.3) is 0 Å². The minimum Gasteiger partial charge on any atom is -0.291 e. The first-order chi connectivity index (χ1) is 2.64. The second kappa shape index (κ2) is 6.34. The molecule has 8 heavy (non-hydrogen) atoms. The maximum atomic E-state index is 9.79. The first-order valence-corrected chi connectivity index (χ1v) is 1.66. The first kappa shape index (κ1) is 15.7. The second-order valence-electron chi connectivity index (χ2n) is 1.11. The molecule has 0 bridgehead atoms. The van der Waals surface area contributed by atoms with Crippen LogP contribution in [0.25, 0.3) is 0 Å². The van der Waals surface area contributed by atoms with Gasteiger partial charge in [0.05, 0.1) is 0 Å². The van der Waals surface area contributed by atoms with Crippen LogP contribution >= 0.6 is 0 Å². The molecule has 0 heterocycles. The number of hydrogen-bond acceptors (Lipinski definition) is 2. The zero-order chi connectivity index (χ0) is 5.15. The van der Waals surface area contributed by atoms with E-state index < -0.39 is 0 Å². The quantitative estimate of drug-likeness (QED) is 0.488. The topological polar surface area (TPSA) is 34.1 Å². The minimum absolute atomic E-state index is 0. The predicted octanol–water partition coefficient (Wildman–Crippen LogP) is 1.44. The predicted molar refractivity (Wildman–Crippen MR) is 34.8 cm³/mol. The van der Waals surface area contributed by atoms with Crippen LogP contribution in [0.4, 0.5) is 0 Å². The molecule has 0 spiro atoms. The van der Waals surface area contributed by atoms with Crippen LogP contribution in [0.1, 0.15) is 28.7 Å². The van der Waals surface area contributed by atoms with Crippen molar-refractivity contribution in [2.45, 2.75) is 28.7 Å². The van der Waals surface area contributed by atoms with Crippen LogP contribution in [-0.2, 0) is 9.59 Å². The Hall–Kier alpha value is -0.660. The van der Waals surface area contributed by atoms with Crippen molar-refractivity contribution in [1.82, 2.24) is 0 Å². The lowest BCUT2D eigenvalue weighted by atomic mass is 10.3. The van der Waals surface area contributed by atoms with Crippen LogP contribution in [0.3, 0.4) is 0 Å². The molecular formula is C6H14O2. The summed E-state index contributed by atoms with van der Waals surface area (Å²) in [6, 6.07) is 0. The third-order valence-corrected chi connectivity index (χ3v) is 0.496. The number of carbonyl (C=O) groups is 2. The van der Waals surface area contributed by atoms with Gasteiger partial charge >= 0.3 is 0 Å². The maximum absolute atomic E-state index is 9.79. The molecular weight excluding hydrogens is 104 g/mol. The van der Waals surface area contributed by atoms with Crippen molar-refractivity contribution < 1.29 is 9.59 Å². The van der Waals surface area contributed by atoms with E-state index in [4.69, 9.17) is 0 Å². The van der Waals surface area contributed by atoms with Crippen LogP contribution in [0.15, 0.2) is 0 Å². The van der Waals surface area contributed by atoms with Crippen LogP contribution < -0.4 is 0 Å². The Kier molecular flexibility index (Phi) is 12.4. The molecule has 0 aliphatic heterocycles. The molecule has 0 saturated heterocycles. The molecule has 0 aromatic carbocycles. The smallest absolute Gasteiger partial charge is 0.195 e. The van der Waals surface area contributed by atoms with E-state index in [0.29, 0.717) is 0 Å². The molecule has 0 atom stereocenters. The van der Waals surface area contributed by atoms with Gasteiger partial charge in [0.1, 0.15) is 0 Å². The Labute approximate surface area is 50.9 Å². The zero-order valence-electron chi connectivity index (χ0n) is 3.82. The SMILES string of the molecule is C.C.CC(=O)C(C)=O. The highest BCUT2D eigenvalue weighted by Crippen LogP contribution is 1.66. The molecule has 2 nitrogen and oxygen atoms in total. The van der Waals surface area contributed by atoms with Gasteiger partial charge in [-0.3, -0.25) is 9.59 Å². The molecule has 0 unspecified atom stereocenters. The molecule has 50 valence electrons. The van der Waals surface area contributed by atoms with Crippen molar-refractivity contribution >= 4 is 11.6 Å². The lowest BCUT2D eigenvalue weighted by Crippen LogP contribution is -2.01. The van der Waals surface area contributed by atoms with Crippen LogP contribution in [0.5, 0.6) is 0 Å². The van der Waals surface area contributed by atoms with Gasteiger partial charge in [-0.25, -0.2) is 0 Å². The fraction of sp³-hybridized carbons (Fsp3) is 0.667. The van der Waals surface area contributed by atoms with Gasteiger partial charge in [0, 0.05) is 13.8 Å². The van der Waals surface area contributed by atoms with Gasteiger partial charge in [0.15, 0.2) is 11.6 Å². The lowest BCUT2D eigenvalue weighted by Gasteiger charge is -1.73. The summed E-state index contributed by atoms with van der Waals surface area (Å²) in [4.78, 5) is 19.6. The van der Waals surface area contributed by atoms with Gasteiger partial charge < -0.3 is 0 Å². The van der Waals surface area contributed by atoms with Crippen molar-refractivity contribution in [2.24, 2.45) is 0 Å². The molecule has 0 radical (unpaired) electrons. The van der Waals surface area contributed by atoms with E-state index in [1.807, 2.05) is 0 Å². The summed E-state index contributed by atoms with van der Waals surface area (Å²) in [6.45, 7) is 2.50. The second-order valence-corrected chi connectivity index (χ2v) is 1.11. The highest BCUT2D eigenvalue weighted by Gasteiger charge is 1.94. The number of Topliss-reactive ketones (excluding diaryl/α,β-unsaturated/α-hetero) is 2. The molecule has 0 aromatic rings. The molecule has 0 aromatic heterocycles. The average Bonchev–Trinajstić information content (AvgIpc) is 1.36. The maximum Gasteiger partial charge on any atom is 0.195 e. The number of carbonyl (C=O) groups excluding carboxylic acids is 2. The van der Waals surface area contributed by atoms with Crippen molar-refractivity contribution in [3.8, 4) is 0 Å². The molecule has 0 amide bonds. The fourth-order valence-corrected chi connectivity index (χ4v) is 0. The van der Waals surface area contributed by atoms with Gasteiger partial charge in [-0.15, -0.1) is 0 Å². The molecule has 2 heteroatoms. The Bertz CT molecular complexity index is 72.5. The van der Waals surface area contributed by atoms with Crippen molar-refractivity contribution in [3.05, 3.63) is 0 Å². The Morgan fingerprint density at radius 2 is 1.00 bits per heavy atom. The Morgan fingerprint density at radius 3 is 1.00 bits per heavy atom. The summed E-state index contributed by atoms with van der Waals surface area (Å²) in [5.41, 5.74) is 0. The molecule has 0 aliphatic carbocycles. The highest BCUT2D eigenvalue weighted by molar-refractivity contribution is 6.35. The Balaban J connectivity index is -0.000000125. The zero-order valence-corrected chi connectivity index (χ0v) is 3.82. The fourth-order valence-electron chi connectivity index (χ4n) is 0. The largest absolute Gasteiger partial charge is 0.291 e. The highest BCUT2D eigenvalue weighted by atomic mass is 16.2. The average molecular weight is 118 g/mol. The van der Waals surface area contributed by atoms with Crippen LogP contribution in [0.2, 0.25) is 0 Å². The number of hydrogen-bond donors (Lipinski definition) is 0. The summed E-state index contributed by atoms with van der Waals surface area (Å²) in [5, 5.41) is 0. The monoisotopic (exact) mass is 118 g/mol. The van der Waals surface area contributed by atoms with Crippen LogP contribution in [0, 0.1) is 0 Å². The Morgan fingerprint density at radius 1 is 0.875 bits per heavy atom. The van der Waals surface area contributed by atoms with Crippen LogP contribution in [-0.4, -0.2) is 11.6 Å². The third kappa shape index (κ3) is 9.02. The summed E-state index contributed by atoms with van der Waals surface area (Å²) in [7, 11) is 0. The number of ketones is 2. The van der Waals surface area contributed by atoms with E-state index in [1.54, 1.807) is 0 Å². The molecule has 0 aliphatic rings. The summed E-state index contributed by atoms with van der Waals surface area (Å²) < 4.78 is 0. The van der Waals surface area contributed by atoms with E-state index in [9.17, 15) is 9.59 Å². The van der Waals surface area contributed by atoms with Gasteiger partial charge in [-0.05, 0) is 0 Å². The lowest BCUT2D eigenvalue weighted by molar-refractivity contribution is -0.134. The summed E-state index contributed by atoms with van der Waals surface area (Å²) >= 11 is 0. The van der Waals surface area contributed by atoms with Gasteiger partial charge in [-0.2, -0.15) is 0 Å². The first-order valence-electron chi connectivity index (χ1n) is 1.66. The van der Waals surface area contributed by atoms with Crippen molar-refractivity contribution in [2.75, 3.05) is 0 Å². The van der Waals surface area contributed by atoms with Crippen molar-refractivity contribution in [3.63, 3.8) is 0 Å². The van der Waals surface area contributed by atoms with E-state index in [2.05, 4.69) is 0 Å². The van der Waals surface area contributed by atoms with E-state index in [1.165, 1.54) is 13.8 Å².